The highest BCUT2D eigenvalue weighted by Gasteiger charge is 2.55. The molecule has 5 nitrogen and oxygen atoms in total. The van der Waals surface area contributed by atoms with Crippen LogP contribution < -0.4 is 0 Å². The molecule has 110 valence electrons. The van der Waals surface area contributed by atoms with Crippen LogP contribution >= 0.6 is 0 Å². The largest absolute Gasteiger partial charge is 0.459 e. The molecule has 5 unspecified atom stereocenters. The van der Waals surface area contributed by atoms with Gasteiger partial charge < -0.3 is 4.74 Å². The summed E-state index contributed by atoms with van der Waals surface area (Å²) in [4.78, 5) is 11.8. The van der Waals surface area contributed by atoms with Crippen molar-refractivity contribution in [3.05, 3.63) is 0 Å². The van der Waals surface area contributed by atoms with Gasteiger partial charge in [-0.05, 0) is 25.7 Å². The minimum Gasteiger partial charge on any atom is -0.459 e. The average molecular weight is 290 g/mol. The van der Waals surface area contributed by atoms with Crippen molar-refractivity contribution >= 4 is 16.1 Å². The number of carbonyl (C=O) groups excluding carboxylic acids is 1. The van der Waals surface area contributed by atoms with Gasteiger partial charge in [0.15, 0.2) is 0 Å². The van der Waals surface area contributed by atoms with E-state index in [9.17, 15) is 13.2 Å². The van der Waals surface area contributed by atoms with Gasteiger partial charge in [-0.3, -0.25) is 8.98 Å². The normalized spacial score (nSPS) is 37.8. The first-order chi connectivity index (χ1) is 8.90. The Kier molecular flexibility index (Phi) is 4.20. The number of hydrogen-bond donors (Lipinski definition) is 0. The Hall–Kier alpha value is -0.620. The molecule has 19 heavy (non-hydrogen) atoms. The molecule has 1 saturated heterocycles. The van der Waals surface area contributed by atoms with Crippen LogP contribution in [0.4, 0.5) is 0 Å². The number of ether oxygens (including phenoxy) is 1. The summed E-state index contributed by atoms with van der Waals surface area (Å²) < 4.78 is 34.4. The van der Waals surface area contributed by atoms with Gasteiger partial charge in [-0.2, -0.15) is 8.42 Å². The molecule has 2 aliphatic rings. The second kappa shape index (κ2) is 5.40. The monoisotopic (exact) mass is 290 g/mol. The number of rotatable bonds is 4. The van der Waals surface area contributed by atoms with Crippen LogP contribution in [0, 0.1) is 11.8 Å². The summed E-state index contributed by atoms with van der Waals surface area (Å²) >= 11 is 0. The molecule has 0 N–H and O–H groups in total. The summed E-state index contributed by atoms with van der Waals surface area (Å²) in [7, 11) is -3.47. The number of hydrogen-bond acceptors (Lipinski definition) is 5. The summed E-state index contributed by atoms with van der Waals surface area (Å²) in [6.07, 6.45) is 1.64. The van der Waals surface area contributed by atoms with Gasteiger partial charge in [-0.25, -0.2) is 0 Å². The number of carbonyl (C=O) groups is 1. The first kappa shape index (κ1) is 14.8. The Labute approximate surface area is 114 Å². The van der Waals surface area contributed by atoms with Crippen molar-refractivity contribution in [1.82, 2.24) is 0 Å². The van der Waals surface area contributed by atoms with Gasteiger partial charge in [0.25, 0.3) is 10.1 Å². The molecular formula is C13H22O5S. The van der Waals surface area contributed by atoms with E-state index in [1.807, 2.05) is 20.8 Å². The van der Waals surface area contributed by atoms with Crippen LogP contribution in [0.1, 0.15) is 46.5 Å². The van der Waals surface area contributed by atoms with E-state index in [0.29, 0.717) is 12.8 Å². The Morgan fingerprint density at radius 2 is 2.05 bits per heavy atom. The lowest BCUT2D eigenvalue weighted by Crippen LogP contribution is -2.42. The van der Waals surface area contributed by atoms with Gasteiger partial charge in [-0.1, -0.05) is 20.8 Å². The fourth-order valence-electron chi connectivity index (χ4n) is 2.97. The van der Waals surface area contributed by atoms with E-state index >= 15 is 0 Å². The third-order valence-corrected chi connectivity index (χ3v) is 6.19. The Morgan fingerprint density at radius 3 is 2.63 bits per heavy atom. The SMILES string of the molecule is CCC(C)C(=O)OC1CCC2C(CC)C1OS2(=O)=O. The molecule has 1 saturated carbocycles. The standard InChI is InChI=1S/C13H22O5S/c1-4-8(3)13(14)17-10-6-7-11-9(5-2)12(10)18-19(11,15)16/h8-12H,4-7H2,1-3H3. The second-order valence-electron chi connectivity index (χ2n) is 5.53. The molecule has 1 aliphatic carbocycles. The third kappa shape index (κ3) is 2.65. The van der Waals surface area contributed by atoms with Crippen LogP contribution in [0.2, 0.25) is 0 Å². The maximum atomic E-state index is 11.9. The van der Waals surface area contributed by atoms with E-state index in [1.54, 1.807) is 0 Å². The third-order valence-electron chi connectivity index (χ3n) is 4.37. The van der Waals surface area contributed by atoms with E-state index in [4.69, 9.17) is 8.92 Å². The van der Waals surface area contributed by atoms with Crippen molar-refractivity contribution in [3.63, 3.8) is 0 Å². The lowest BCUT2D eigenvalue weighted by atomic mass is 9.82. The molecule has 0 radical (unpaired) electrons. The van der Waals surface area contributed by atoms with E-state index in [0.717, 1.165) is 12.8 Å². The molecule has 0 aromatic carbocycles. The van der Waals surface area contributed by atoms with Gasteiger partial charge in [0.1, 0.15) is 12.2 Å². The van der Waals surface area contributed by atoms with Crippen molar-refractivity contribution < 1.29 is 22.1 Å². The summed E-state index contributed by atoms with van der Waals surface area (Å²) in [5, 5.41) is -0.416. The van der Waals surface area contributed by atoms with E-state index < -0.39 is 27.6 Å². The zero-order valence-electron chi connectivity index (χ0n) is 11.7. The van der Waals surface area contributed by atoms with Crippen LogP contribution in [0.3, 0.4) is 0 Å². The van der Waals surface area contributed by atoms with Gasteiger partial charge in [0, 0.05) is 5.92 Å². The molecule has 2 rings (SSSR count). The van der Waals surface area contributed by atoms with Gasteiger partial charge in [0.2, 0.25) is 0 Å². The van der Waals surface area contributed by atoms with Crippen molar-refractivity contribution in [1.29, 1.82) is 0 Å². The first-order valence-corrected chi connectivity index (χ1v) is 8.50. The zero-order chi connectivity index (χ0) is 14.2. The predicted molar refractivity (Wildman–Crippen MR) is 69.9 cm³/mol. The van der Waals surface area contributed by atoms with Gasteiger partial charge in [-0.15, -0.1) is 0 Å². The highest BCUT2D eigenvalue weighted by Crippen LogP contribution is 2.43. The van der Waals surface area contributed by atoms with Crippen LogP contribution in [0.15, 0.2) is 0 Å². The average Bonchev–Trinajstić information content (AvgIpc) is 2.56. The topological polar surface area (TPSA) is 69.7 Å². The van der Waals surface area contributed by atoms with Crippen LogP contribution in [-0.2, 0) is 23.8 Å². The van der Waals surface area contributed by atoms with Crippen molar-refractivity contribution in [3.8, 4) is 0 Å². The number of fused-ring (bicyclic) bond motifs is 2. The summed E-state index contributed by atoms with van der Waals surface area (Å²) in [5.41, 5.74) is 0. The summed E-state index contributed by atoms with van der Waals surface area (Å²) in [6, 6.07) is 0. The molecule has 0 aromatic rings. The van der Waals surface area contributed by atoms with Crippen molar-refractivity contribution in [2.45, 2.75) is 63.9 Å². The van der Waals surface area contributed by atoms with Crippen LogP contribution in [-0.4, -0.2) is 31.8 Å². The molecule has 0 aromatic heterocycles. The van der Waals surface area contributed by atoms with Crippen molar-refractivity contribution in [2.24, 2.45) is 11.8 Å². The number of esters is 1. The maximum absolute atomic E-state index is 11.9. The molecule has 6 heteroatoms. The highest BCUT2D eigenvalue weighted by atomic mass is 32.2. The smallest absolute Gasteiger partial charge is 0.309 e. The van der Waals surface area contributed by atoms with Gasteiger partial charge in [0.05, 0.1) is 11.2 Å². The predicted octanol–water partition coefficient (Wildman–Crippen LogP) is 1.86. The molecular weight excluding hydrogens is 268 g/mol. The summed E-state index contributed by atoms with van der Waals surface area (Å²) in [6.45, 7) is 5.69. The minimum absolute atomic E-state index is 0.0477. The Morgan fingerprint density at radius 1 is 1.37 bits per heavy atom. The highest BCUT2D eigenvalue weighted by molar-refractivity contribution is 7.87. The fourth-order valence-corrected chi connectivity index (χ4v) is 4.88. The van der Waals surface area contributed by atoms with Crippen molar-refractivity contribution in [2.75, 3.05) is 0 Å². The molecule has 0 spiro atoms. The molecule has 1 aliphatic heterocycles. The van der Waals surface area contributed by atoms with E-state index in [1.165, 1.54) is 0 Å². The van der Waals surface area contributed by atoms with E-state index in [2.05, 4.69) is 0 Å². The molecule has 0 amide bonds. The second-order valence-corrected chi connectivity index (χ2v) is 7.31. The maximum Gasteiger partial charge on any atom is 0.309 e. The lowest BCUT2D eigenvalue weighted by molar-refractivity contribution is -0.161. The molecule has 2 bridgehead atoms. The first-order valence-electron chi connectivity index (χ1n) is 7.03. The summed E-state index contributed by atoms with van der Waals surface area (Å²) in [5.74, 6) is -0.460. The van der Waals surface area contributed by atoms with Gasteiger partial charge >= 0.3 is 5.97 Å². The quantitative estimate of drug-likeness (QED) is 0.584. The lowest BCUT2D eigenvalue weighted by Gasteiger charge is -2.32. The molecule has 2 fully saturated rings. The van der Waals surface area contributed by atoms with E-state index in [-0.39, 0.29) is 17.8 Å². The Bertz CT molecular complexity index is 444. The zero-order valence-corrected chi connectivity index (χ0v) is 12.5. The molecule has 5 atom stereocenters. The molecule has 1 heterocycles. The fraction of sp³-hybridized carbons (Fsp3) is 0.923. The Balaban J connectivity index is 2.11. The van der Waals surface area contributed by atoms with Crippen LogP contribution in [0.25, 0.3) is 0 Å². The minimum atomic E-state index is -3.47. The van der Waals surface area contributed by atoms with Crippen LogP contribution in [0.5, 0.6) is 0 Å².